The molecule has 1 atom stereocenters. The van der Waals surface area contributed by atoms with Crippen molar-refractivity contribution in [1.29, 1.82) is 0 Å². The molecule has 3 rings (SSSR count). The fraction of sp³-hybridized carbons (Fsp3) is 0.348. The topological polar surface area (TPSA) is 55.8 Å². The van der Waals surface area contributed by atoms with Crippen LogP contribution in [0.2, 0.25) is 0 Å². The predicted octanol–water partition coefficient (Wildman–Crippen LogP) is 5.35. The SMILES string of the molecule is COc1ccc([C@H](CCN(Cc2ccco2)C(=O)c2ccco2)C(C)C)cc1. The average molecular weight is 381 g/mol. The Kier molecular flexibility index (Phi) is 6.58. The van der Waals surface area contributed by atoms with Crippen LogP contribution in [0.15, 0.2) is 69.9 Å². The molecule has 0 saturated carbocycles. The molecule has 0 aliphatic heterocycles. The first-order valence-corrected chi connectivity index (χ1v) is 9.57. The van der Waals surface area contributed by atoms with E-state index in [-0.39, 0.29) is 5.91 Å². The van der Waals surface area contributed by atoms with Crippen LogP contribution in [0.25, 0.3) is 0 Å². The van der Waals surface area contributed by atoms with Crippen molar-refractivity contribution in [2.24, 2.45) is 5.92 Å². The van der Waals surface area contributed by atoms with Crippen LogP contribution in [0, 0.1) is 5.92 Å². The molecule has 148 valence electrons. The molecule has 0 spiro atoms. The van der Waals surface area contributed by atoms with E-state index >= 15 is 0 Å². The second kappa shape index (κ2) is 9.31. The number of hydrogen-bond acceptors (Lipinski definition) is 4. The van der Waals surface area contributed by atoms with Gasteiger partial charge in [0.15, 0.2) is 5.76 Å². The van der Waals surface area contributed by atoms with Crippen LogP contribution in [0.1, 0.15) is 48.1 Å². The summed E-state index contributed by atoms with van der Waals surface area (Å²) in [6.07, 6.45) is 3.99. The van der Waals surface area contributed by atoms with Crippen molar-refractivity contribution in [3.8, 4) is 5.75 Å². The number of hydrogen-bond donors (Lipinski definition) is 0. The summed E-state index contributed by atoms with van der Waals surface area (Å²) in [5.41, 5.74) is 1.25. The van der Waals surface area contributed by atoms with E-state index < -0.39 is 0 Å². The smallest absolute Gasteiger partial charge is 0.289 e. The monoisotopic (exact) mass is 381 g/mol. The molecular formula is C23H27NO4. The zero-order valence-electron chi connectivity index (χ0n) is 16.6. The van der Waals surface area contributed by atoms with Crippen molar-refractivity contribution < 1.29 is 18.4 Å². The molecule has 1 aromatic carbocycles. The second-order valence-electron chi connectivity index (χ2n) is 7.20. The van der Waals surface area contributed by atoms with Gasteiger partial charge < -0.3 is 18.5 Å². The lowest BCUT2D eigenvalue weighted by molar-refractivity contribution is 0.0690. The van der Waals surface area contributed by atoms with Gasteiger partial charge in [0.05, 0.1) is 26.2 Å². The van der Waals surface area contributed by atoms with Crippen molar-refractivity contribution in [3.63, 3.8) is 0 Å². The second-order valence-corrected chi connectivity index (χ2v) is 7.20. The lowest BCUT2D eigenvalue weighted by atomic mass is 9.85. The number of benzene rings is 1. The van der Waals surface area contributed by atoms with Crippen molar-refractivity contribution in [1.82, 2.24) is 4.90 Å². The van der Waals surface area contributed by atoms with Crippen molar-refractivity contribution >= 4 is 5.91 Å². The molecule has 0 aliphatic carbocycles. The van der Waals surface area contributed by atoms with Gasteiger partial charge >= 0.3 is 0 Å². The summed E-state index contributed by atoms with van der Waals surface area (Å²) in [6.45, 7) is 5.44. The largest absolute Gasteiger partial charge is 0.497 e. The molecule has 2 aromatic heterocycles. The van der Waals surface area contributed by atoms with Gasteiger partial charge in [0.25, 0.3) is 5.91 Å². The molecule has 0 fully saturated rings. The highest BCUT2D eigenvalue weighted by Crippen LogP contribution is 2.30. The van der Waals surface area contributed by atoms with Crippen LogP contribution in [0.3, 0.4) is 0 Å². The van der Waals surface area contributed by atoms with Gasteiger partial charge in [-0.15, -0.1) is 0 Å². The number of furan rings is 2. The quantitative estimate of drug-likeness (QED) is 0.501. The van der Waals surface area contributed by atoms with Crippen LogP contribution >= 0.6 is 0 Å². The van der Waals surface area contributed by atoms with E-state index in [1.54, 1.807) is 30.4 Å². The Morgan fingerprint density at radius 2 is 1.75 bits per heavy atom. The highest BCUT2D eigenvalue weighted by Gasteiger charge is 2.23. The lowest BCUT2D eigenvalue weighted by Crippen LogP contribution is -2.32. The van der Waals surface area contributed by atoms with E-state index in [0.29, 0.717) is 30.7 Å². The third kappa shape index (κ3) is 4.85. The minimum absolute atomic E-state index is 0.126. The van der Waals surface area contributed by atoms with Crippen LogP contribution in [-0.4, -0.2) is 24.5 Å². The number of nitrogens with zero attached hydrogens (tertiary/aromatic N) is 1. The van der Waals surface area contributed by atoms with E-state index in [1.807, 2.05) is 24.3 Å². The molecule has 0 radical (unpaired) electrons. The molecule has 5 nitrogen and oxygen atoms in total. The summed E-state index contributed by atoms with van der Waals surface area (Å²) >= 11 is 0. The zero-order chi connectivity index (χ0) is 19.9. The maximum absolute atomic E-state index is 12.9. The maximum atomic E-state index is 12.9. The number of ether oxygens (including phenoxy) is 1. The summed E-state index contributed by atoms with van der Waals surface area (Å²) in [5, 5.41) is 0. The third-order valence-corrected chi connectivity index (χ3v) is 5.00. The van der Waals surface area contributed by atoms with Crippen molar-refractivity contribution in [3.05, 3.63) is 78.1 Å². The Hall–Kier alpha value is -2.95. The average Bonchev–Trinajstić information content (AvgIpc) is 3.41. The van der Waals surface area contributed by atoms with Gasteiger partial charge in [0.2, 0.25) is 0 Å². The molecule has 3 aromatic rings. The first-order valence-electron chi connectivity index (χ1n) is 9.57. The van der Waals surface area contributed by atoms with E-state index in [1.165, 1.54) is 11.8 Å². The Morgan fingerprint density at radius 3 is 2.32 bits per heavy atom. The minimum Gasteiger partial charge on any atom is -0.497 e. The number of methoxy groups -OCH3 is 1. The standard InChI is InChI=1S/C23H27NO4/c1-17(2)21(18-8-10-19(26-3)11-9-18)12-13-24(16-20-6-4-14-27-20)23(25)22-7-5-15-28-22/h4-11,14-15,17,21H,12-13,16H2,1-3H3/t21-/m1/s1. The van der Waals surface area contributed by atoms with Crippen LogP contribution in [0.4, 0.5) is 0 Å². The Bertz CT molecular complexity index is 835. The summed E-state index contributed by atoms with van der Waals surface area (Å²) in [5.74, 6) is 2.59. The molecule has 5 heteroatoms. The first kappa shape index (κ1) is 19.8. The Balaban J connectivity index is 1.75. The van der Waals surface area contributed by atoms with Crippen LogP contribution in [0.5, 0.6) is 5.75 Å². The number of carbonyl (C=O) groups excluding carboxylic acids is 1. The maximum Gasteiger partial charge on any atom is 0.289 e. The molecule has 0 N–H and O–H groups in total. The lowest BCUT2D eigenvalue weighted by Gasteiger charge is -2.26. The number of rotatable bonds is 9. The van der Waals surface area contributed by atoms with E-state index in [9.17, 15) is 4.79 Å². The van der Waals surface area contributed by atoms with E-state index in [0.717, 1.165) is 17.9 Å². The fourth-order valence-electron chi connectivity index (χ4n) is 3.43. The first-order chi connectivity index (χ1) is 13.6. The summed E-state index contributed by atoms with van der Waals surface area (Å²) in [7, 11) is 1.67. The van der Waals surface area contributed by atoms with Crippen molar-refractivity contribution in [2.45, 2.75) is 32.7 Å². The summed E-state index contributed by atoms with van der Waals surface area (Å²) < 4.78 is 16.0. The van der Waals surface area contributed by atoms with Gasteiger partial charge in [-0.3, -0.25) is 4.79 Å². The fourth-order valence-corrected chi connectivity index (χ4v) is 3.43. The molecule has 28 heavy (non-hydrogen) atoms. The minimum atomic E-state index is -0.126. The van der Waals surface area contributed by atoms with Gasteiger partial charge in [0, 0.05) is 6.54 Å². The molecule has 1 amide bonds. The van der Waals surface area contributed by atoms with Crippen LogP contribution < -0.4 is 4.74 Å². The Labute approximate surface area is 165 Å². The highest BCUT2D eigenvalue weighted by atomic mass is 16.5. The molecule has 0 aliphatic rings. The highest BCUT2D eigenvalue weighted by molar-refractivity contribution is 5.91. The zero-order valence-corrected chi connectivity index (χ0v) is 16.6. The molecule has 0 saturated heterocycles. The van der Waals surface area contributed by atoms with Crippen molar-refractivity contribution in [2.75, 3.05) is 13.7 Å². The van der Waals surface area contributed by atoms with Gasteiger partial charge in [-0.05, 0) is 60.2 Å². The van der Waals surface area contributed by atoms with Gasteiger partial charge in [-0.25, -0.2) is 0 Å². The summed E-state index contributed by atoms with van der Waals surface area (Å²) in [4.78, 5) is 14.7. The van der Waals surface area contributed by atoms with Gasteiger partial charge in [0.1, 0.15) is 11.5 Å². The Morgan fingerprint density at radius 1 is 1.04 bits per heavy atom. The normalized spacial score (nSPS) is 12.1. The molecule has 0 bridgehead atoms. The van der Waals surface area contributed by atoms with E-state index in [2.05, 4.69) is 26.0 Å². The van der Waals surface area contributed by atoms with Gasteiger partial charge in [-0.2, -0.15) is 0 Å². The number of carbonyl (C=O) groups is 1. The third-order valence-electron chi connectivity index (χ3n) is 5.00. The molecular weight excluding hydrogens is 354 g/mol. The summed E-state index contributed by atoms with van der Waals surface area (Å²) in [6, 6.07) is 15.3. The molecule has 0 unspecified atom stereocenters. The molecule has 2 heterocycles. The number of amides is 1. The van der Waals surface area contributed by atoms with Crippen LogP contribution in [-0.2, 0) is 6.54 Å². The predicted molar refractivity (Wildman–Crippen MR) is 107 cm³/mol. The van der Waals surface area contributed by atoms with E-state index in [4.69, 9.17) is 13.6 Å². The van der Waals surface area contributed by atoms with Gasteiger partial charge in [-0.1, -0.05) is 26.0 Å².